The van der Waals surface area contributed by atoms with Crippen LogP contribution in [0.1, 0.15) is 26.2 Å². The first-order chi connectivity index (χ1) is 6.75. The van der Waals surface area contributed by atoms with E-state index in [0.717, 1.165) is 19.4 Å². The highest BCUT2D eigenvalue weighted by Crippen LogP contribution is 2.15. The van der Waals surface area contributed by atoms with Gasteiger partial charge in [0, 0.05) is 13.2 Å². The Morgan fingerprint density at radius 2 is 2.43 bits per heavy atom. The van der Waals surface area contributed by atoms with Crippen LogP contribution >= 0.6 is 0 Å². The molecule has 3 N–H and O–H groups in total. The fraction of sp³-hybridized carbons (Fsp3) is 0.900. The molecule has 4 nitrogen and oxygen atoms in total. The number of amides is 1. The van der Waals surface area contributed by atoms with Crippen LogP contribution in [0.3, 0.4) is 0 Å². The summed E-state index contributed by atoms with van der Waals surface area (Å²) in [7, 11) is 0. The zero-order chi connectivity index (χ0) is 10.4. The Labute approximate surface area is 85.1 Å². The lowest BCUT2D eigenvalue weighted by Gasteiger charge is -2.28. The van der Waals surface area contributed by atoms with Gasteiger partial charge >= 0.3 is 0 Å². The van der Waals surface area contributed by atoms with Crippen molar-refractivity contribution in [1.82, 2.24) is 10.6 Å². The summed E-state index contributed by atoms with van der Waals surface area (Å²) in [5, 5.41) is 14.6. The quantitative estimate of drug-likeness (QED) is 0.554. The van der Waals surface area contributed by atoms with Gasteiger partial charge in [0.15, 0.2) is 0 Å². The maximum atomic E-state index is 11.6. The summed E-state index contributed by atoms with van der Waals surface area (Å²) < 4.78 is 0. The summed E-state index contributed by atoms with van der Waals surface area (Å²) in [4.78, 5) is 11.6. The molecule has 0 bridgehead atoms. The summed E-state index contributed by atoms with van der Waals surface area (Å²) >= 11 is 0. The lowest BCUT2D eigenvalue weighted by molar-refractivity contribution is -0.124. The van der Waals surface area contributed by atoms with Gasteiger partial charge < -0.3 is 15.7 Å². The van der Waals surface area contributed by atoms with Gasteiger partial charge in [-0.15, -0.1) is 0 Å². The first-order valence-electron chi connectivity index (χ1n) is 5.37. The van der Waals surface area contributed by atoms with Crippen LogP contribution in [-0.4, -0.2) is 36.8 Å². The van der Waals surface area contributed by atoms with Crippen molar-refractivity contribution in [3.63, 3.8) is 0 Å². The predicted molar refractivity (Wildman–Crippen MR) is 54.9 cm³/mol. The number of rotatable bonds is 4. The molecule has 0 aromatic carbocycles. The van der Waals surface area contributed by atoms with Crippen LogP contribution in [0.2, 0.25) is 0 Å². The molecular weight excluding hydrogens is 180 g/mol. The number of carbonyl (C=O) groups excluding carboxylic acids is 1. The molecule has 0 aliphatic carbocycles. The molecule has 1 aliphatic rings. The molecule has 2 unspecified atom stereocenters. The van der Waals surface area contributed by atoms with Gasteiger partial charge in [0.25, 0.3) is 0 Å². The monoisotopic (exact) mass is 200 g/mol. The number of hydrogen-bond donors (Lipinski definition) is 3. The minimum Gasteiger partial charge on any atom is -0.396 e. The van der Waals surface area contributed by atoms with Crippen molar-refractivity contribution in [3.05, 3.63) is 0 Å². The van der Waals surface area contributed by atoms with Crippen LogP contribution in [0.15, 0.2) is 0 Å². The summed E-state index contributed by atoms with van der Waals surface area (Å²) in [6, 6.07) is -0.0394. The van der Waals surface area contributed by atoms with Crippen molar-refractivity contribution >= 4 is 5.91 Å². The third-order valence-corrected chi connectivity index (χ3v) is 2.69. The number of carbonyl (C=O) groups is 1. The Bertz CT molecular complexity index is 185. The summed E-state index contributed by atoms with van der Waals surface area (Å²) in [5.41, 5.74) is 0. The normalized spacial score (nSPS) is 27.3. The Morgan fingerprint density at radius 3 is 3.07 bits per heavy atom. The second kappa shape index (κ2) is 5.98. The van der Waals surface area contributed by atoms with E-state index in [1.165, 1.54) is 0 Å². The molecule has 4 heteroatoms. The first-order valence-corrected chi connectivity index (χ1v) is 5.37. The molecular formula is C10H20N2O2. The Balaban J connectivity index is 2.27. The van der Waals surface area contributed by atoms with Crippen LogP contribution < -0.4 is 10.6 Å². The van der Waals surface area contributed by atoms with Crippen molar-refractivity contribution in [1.29, 1.82) is 0 Å². The smallest absolute Gasteiger partial charge is 0.237 e. The number of piperidine rings is 1. The molecule has 1 heterocycles. The average Bonchev–Trinajstić information content (AvgIpc) is 2.18. The van der Waals surface area contributed by atoms with Gasteiger partial charge in [-0.3, -0.25) is 4.79 Å². The second-order valence-corrected chi connectivity index (χ2v) is 3.92. The van der Waals surface area contributed by atoms with Crippen molar-refractivity contribution < 1.29 is 9.90 Å². The molecule has 1 amide bonds. The minimum absolute atomic E-state index is 0.0394. The van der Waals surface area contributed by atoms with E-state index in [-0.39, 0.29) is 18.6 Å². The molecule has 0 spiro atoms. The third kappa shape index (κ3) is 3.27. The maximum absolute atomic E-state index is 11.6. The number of hydrogen-bond acceptors (Lipinski definition) is 3. The first kappa shape index (κ1) is 11.5. The lowest BCUT2D eigenvalue weighted by Crippen LogP contribution is -2.51. The van der Waals surface area contributed by atoms with Gasteiger partial charge in [-0.2, -0.15) is 0 Å². The van der Waals surface area contributed by atoms with Gasteiger partial charge in [-0.05, 0) is 31.7 Å². The molecule has 1 saturated heterocycles. The lowest BCUT2D eigenvalue weighted by atomic mass is 9.92. The van der Waals surface area contributed by atoms with Crippen molar-refractivity contribution in [2.24, 2.45) is 5.92 Å². The number of aliphatic hydroxyl groups is 1. The molecule has 0 aromatic heterocycles. The second-order valence-electron chi connectivity index (χ2n) is 3.92. The van der Waals surface area contributed by atoms with Crippen LogP contribution in [-0.2, 0) is 4.79 Å². The van der Waals surface area contributed by atoms with Crippen LogP contribution in [0, 0.1) is 5.92 Å². The van der Waals surface area contributed by atoms with Crippen LogP contribution in [0.25, 0.3) is 0 Å². The van der Waals surface area contributed by atoms with E-state index < -0.39 is 0 Å². The molecule has 0 radical (unpaired) electrons. The topological polar surface area (TPSA) is 61.4 Å². The van der Waals surface area contributed by atoms with Crippen molar-refractivity contribution in [2.45, 2.75) is 32.2 Å². The van der Waals surface area contributed by atoms with E-state index >= 15 is 0 Å². The fourth-order valence-electron chi connectivity index (χ4n) is 1.80. The van der Waals surface area contributed by atoms with E-state index in [4.69, 9.17) is 5.11 Å². The highest BCUT2D eigenvalue weighted by atomic mass is 16.3. The van der Waals surface area contributed by atoms with E-state index in [1.807, 2.05) is 0 Å². The van der Waals surface area contributed by atoms with E-state index in [9.17, 15) is 4.79 Å². The van der Waals surface area contributed by atoms with Crippen molar-refractivity contribution in [2.75, 3.05) is 19.7 Å². The summed E-state index contributed by atoms with van der Waals surface area (Å²) in [5.74, 6) is 0.489. The zero-order valence-corrected chi connectivity index (χ0v) is 8.75. The zero-order valence-electron chi connectivity index (χ0n) is 8.75. The fourth-order valence-corrected chi connectivity index (χ4v) is 1.80. The Morgan fingerprint density at radius 1 is 1.64 bits per heavy atom. The van der Waals surface area contributed by atoms with E-state index in [2.05, 4.69) is 17.6 Å². The Kier molecular flexibility index (Phi) is 4.90. The predicted octanol–water partition coefficient (Wildman–Crippen LogP) is -0.127. The molecule has 0 saturated carbocycles. The average molecular weight is 200 g/mol. The molecule has 0 aromatic rings. The molecule has 1 rings (SSSR count). The SMILES string of the molecule is CC1CCCNC1C(=O)NCCCO. The number of aliphatic hydroxyl groups excluding tert-OH is 1. The third-order valence-electron chi connectivity index (χ3n) is 2.69. The standard InChI is InChI=1S/C10H20N2O2/c1-8-4-2-5-11-9(8)10(14)12-6-3-7-13/h8-9,11,13H,2-7H2,1H3,(H,12,14). The number of nitrogens with one attached hydrogen (secondary N) is 2. The molecule has 1 aliphatic heterocycles. The van der Waals surface area contributed by atoms with E-state index in [0.29, 0.717) is 18.9 Å². The van der Waals surface area contributed by atoms with Gasteiger partial charge in [0.05, 0.1) is 6.04 Å². The molecule has 82 valence electrons. The molecule has 1 fully saturated rings. The highest BCUT2D eigenvalue weighted by molar-refractivity contribution is 5.82. The molecule has 14 heavy (non-hydrogen) atoms. The van der Waals surface area contributed by atoms with Gasteiger partial charge in [0.1, 0.15) is 0 Å². The highest BCUT2D eigenvalue weighted by Gasteiger charge is 2.26. The van der Waals surface area contributed by atoms with Gasteiger partial charge in [0.2, 0.25) is 5.91 Å². The summed E-state index contributed by atoms with van der Waals surface area (Å²) in [6.07, 6.45) is 2.90. The van der Waals surface area contributed by atoms with Gasteiger partial charge in [-0.1, -0.05) is 6.92 Å². The Hall–Kier alpha value is -0.610. The van der Waals surface area contributed by atoms with Crippen molar-refractivity contribution in [3.8, 4) is 0 Å². The minimum atomic E-state index is -0.0394. The van der Waals surface area contributed by atoms with Gasteiger partial charge in [-0.25, -0.2) is 0 Å². The molecule has 2 atom stereocenters. The van der Waals surface area contributed by atoms with E-state index in [1.54, 1.807) is 0 Å². The summed E-state index contributed by atoms with van der Waals surface area (Å²) in [6.45, 7) is 3.74. The van der Waals surface area contributed by atoms with Crippen LogP contribution in [0.5, 0.6) is 0 Å². The van der Waals surface area contributed by atoms with Crippen LogP contribution in [0.4, 0.5) is 0 Å². The largest absolute Gasteiger partial charge is 0.396 e. The maximum Gasteiger partial charge on any atom is 0.237 e.